The van der Waals surface area contributed by atoms with Gasteiger partial charge in [0.25, 0.3) is 0 Å². The van der Waals surface area contributed by atoms with E-state index in [4.69, 9.17) is 11.6 Å². The number of hydrogen-bond donors (Lipinski definition) is 2. The molecule has 0 spiro atoms. The minimum Gasteiger partial charge on any atom is -0.343 e. The molecule has 3 nitrogen and oxygen atoms in total. The number of nitrogens with zero attached hydrogens (tertiary/aromatic N) is 1. The fraction of sp³-hybridized carbons (Fsp3) is 0.625. The Morgan fingerprint density at radius 3 is 2.92 bits per heavy atom. The van der Waals surface area contributed by atoms with E-state index in [1.54, 1.807) is 0 Å². The van der Waals surface area contributed by atoms with Crippen LogP contribution in [0.5, 0.6) is 0 Å². The zero-order valence-corrected chi connectivity index (χ0v) is 7.78. The summed E-state index contributed by atoms with van der Waals surface area (Å²) >= 11 is 5.84. The predicted molar refractivity (Wildman–Crippen MR) is 48.3 cm³/mol. The molecule has 1 saturated heterocycles. The molecule has 0 radical (unpaired) electrons. The first-order chi connectivity index (χ1) is 5.77. The average molecular weight is 186 g/mol. The first kappa shape index (κ1) is 8.08. The first-order valence-electron chi connectivity index (χ1n) is 4.23. The molecule has 66 valence electrons. The number of halogens is 1. The summed E-state index contributed by atoms with van der Waals surface area (Å²) in [7, 11) is 0. The van der Waals surface area contributed by atoms with Crippen molar-refractivity contribution in [2.45, 2.75) is 25.8 Å². The van der Waals surface area contributed by atoms with Gasteiger partial charge in [0.1, 0.15) is 11.0 Å². The molecule has 2 N–H and O–H groups in total. The van der Waals surface area contributed by atoms with Gasteiger partial charge in [-0.05, 0) is 26.3 Å². The van der Waals surface area contributed by atoms with Gasteiger partial charge in [-0.25, -0.2) is 4.98 Å². The zero-order chi connectivity index (χ0) is 8.55. The maximum absolute atomic E-state index is 5.84. The van der Waals surface area contributed by atoms with Crippen LogP contribution in [0.1, 0.15) is 30.4 Å². The van der Waals surface area contributed by atoms with Gasteiger partial charge >= 0.3 is 0 Å². The van der Waals surface area contributed by atoms with E-state index in [-0.39, 0.29) is 0 Å². The molecule has 4 heteroatoms. The van der Waals surface area contributed by atoms with Crippen LogP contribution in [0.2, 0.25) is 5.15 Å². The summed E-state index contributed by atoms with van der Waals surface area (Å²) in [6, 6.07) is 0.385. The zero-order valence-electron chi connectivity index (χ0n) is 7.02. The van der Waals surface area contributed by atoms with E-state index in [1.807, 2.05) is 6.92 Å². The van der Waals surface area contributed by atoms with E-state index in [9.17, 15) is 0 Å². The van der Waals surface area contributed by atoms with Gasteiger partial charge in [0.15, 0.2) is 0 Å². The van der Waals surface area contributed by atoms with Crippen LogP contribution in [0, 0.1) is 6.92 Å². The summed E-state index contributed by atoms with van der Waals surface area (Å²) in [5, 5.41) is 3.96. The van der Waals surface area contributed by atoms with Gasteiger partial charge in [-0.2, -0.15) is 0 Å². The maximum atomic E-state index is 5.84. The van der Waals surface area contributed by atoms with Crippen molar-refractivity contribution < 1.29 is 0 Å². The predicted octanol–water partition coefficient (Wildman–Crippen LogP) is 1.80. The molecule has 1 aliphatic rings. The topological polar surface area (TPSA) is 40.7 Å². The lowest BCUT2D eigenvalue weighted by Crippen LogP contribution is -2.14. The van der Waals surface area contributed by atoms with Crippen LogP contribution in [0.3, 0.4) is 0 Å². The Morgan fingerprint density at radius 2 is 2.42 bits per heavy atom. The highest BCUT2D eigenvalue weighted by atomic mass is 35.5. The summed E-state index contributed by atoms with van der Waals surface area (Å²) in [6.07, 6.45) is 2.38. The summed E-state index contributed by atoms with van der Waals surface area (Å²) < 4.78 is 0. The summed E-state index contributed by atoms with van der Waals surface area (Å²) in [6.45, 7) is 3.02. The average Bonchev–Trinajstić information content (AvgIpc) is 2.61. The normalized spacial score (nSPS) is 23.3. The van der Waals surface area contributed by atoms with E-state index in [1.165, 1.54) is 6.42 Å². The Labute approximate surface area is 76.5 Å². The molecular weight excluding hydrogens is 174 g/mol. The fourth-order valence-corrected chi connectivity index (χ4v) is 1.68. The Hall–Kier alpha value is -0.540. The molecule has 0 amide bonds. The number of nitrogens with one attached hydrogen (secondary N) is 2. The summed E-state index contributed by atoms with van der Waals surface area (Å²) in [4.78, 5) is 7.42. The Kier molecular flexibility index (Phi) is 2.07. The van der Waals surface area contributed by atoms with Gasteiger partial charge in [-0.15, -0.1) is 0 Å². The molecule has 1 fully saturated rings. The second kappa shape index (κ2) is 3.07. The lowest BCUT2D eigenvalue weighted by atomic mass is 10.2. The Bertz CT molecular complexity index is 256. The monoisotopic (exact) mass is 185 g/mol. The molecule has 1 atom stereocenters. The molecule has 12 heavy (non-hydrogen) atoms. The molecule has 1 aromatic rings. The second-order valence-corrected chi connectivity index (χ2v) is 3.54. The van der Waals surface area contributed by atoms with E-state index in [2.05, 4.69) is 15.3 Å². The minimum atomic E-state index is 0.385. The number of rotatable bonds is 1. The Balaban J connectivity index is 2.21. The number of imidazole rings is 1. The largest absolute Gasteiger partial charge is 0.343 e. The van der Waals surface area contributed by atoms with Crippen molar-refractivity contribution in [3.05, 3.63) is 16.7 Å². The number of hydrogen-bond acceptors (Lipinski definition) is 2. The molecule has 0 aliphatic carbocycles. The third kappa shape index (κ3) is 1.34. The molecule has 0 aromatic carbocycles. The summed E-state index contributed by atoms with van der Waals surface area (Å²) in [5.74, 6) is 0.981. The lowest BCUT2D eigenvalue weighted by Gasteiger charge is -2.04. The van der Waals surface area contributed by atoms with Gasteiger partial charge in [0, 0.05) is 0 Å². The van der Waals surface area contributed by atoms with Crippen molar-refractivity contribution >= 4 is 11.6 Å². The van der Waals surface area contributed by atoms with E-state index in [0.717, 1.165) is 24.5 Å². The summed E-state index contributed by atoms with van der Waals surface area (Å²) in [5.41, 5.74) is 0.959. The minimum absolute atomic E-state index is 0.385. The van der Waals surface area contributed by atoms with Crippen LogP contribution in [0.25, 0.3) is 0 Å². The van der Waals surface area contributed by atoms with Crippen molar-refractivity contribution in [2.75, 3.05) is 6.54 Å². The second-order valence-electron chi connectivity index (χ2n) is 3.19. The number of aromatic amines is 1. The lowest BCUT2D eigenvalue weighted by molar-refractivity contribution is 0.612. The molecule has 0 unspecified atom stereocenters. The third-order valence-electron chi connectivity index (χ3n) is 2.23. The van der Waals surface area contributed by atoms with Gasteiger partial charge in [-0.1, -0.05) is 11.6 Å². The highest BCUT2D eigenvalue weighted by Crippen LogP contribution is 2.22. The van der Waals surface area contributed by atoms with E-state index < -0.39 is 0 Å². The third-order valence-corrected chi connectivity index (χ3v) is 2.60. The van der Waals surface area contributed by atoms with Crippen molar-refractivity contribution in [1.82, 2.24) is 15.3 Å². The van der Waals surface area contributed by atoms with Crippen molar-refractivity contribution in [1.29, 1.82) is 0 Å². The quantitative estimate of drug-likeness (QED) is 0.701. The smallest absolute Gasteiger partial charge is 0.150 e. The van der Waals surface area contributed by atoms with Crippen molar-refractivity contribution in [3.63, 3.8) is 0 Å². The fourth-order valence-electron chi connectivity index (χ4n) is 1.54. The molecule has 2 heterocycles. The highest BCUT2D eigenvalue weighted by Gasteiger charge is 2.19. The van der Waals surface area contributed by atoms with Gasteiger partial charge in [-0.3, -0.25) is 0 Å². The highest BCUT2D eigenvalue weighted by molar-refractivity contribution is 6.30. The maximum Gasteiger partial charge on any atom is 0.150 e. The Morgan fingerprint density at radius 1 is 1.58 bits per heavy atom. The molecule has 1 aromatic heterocycles. The van der Waals surface area contributed by atoms with Crippen LogP contribution in [0.15, 0.2) is 0 Å². The van der Waals surface area contributed by atoms with Crippen LogP contribution in [-0.4, -0.2) is 16.5 Å². The standard InChI is InChI=1S/C8H12ClN3/c1-5-7(9)12-8(11-5)6-3-2-4-10-6/h6,10H,2-4H2,1H3,(H,11,12)/t6-/m0/s1. The van der Waals surface area contributed by atoms with Crippen LogP contribution in [-0.2, 0) is 0 Å². The van der Waals surface area contributed by atoms with Crippen molar-refractivity contribution in [3.8, 4) is 0 Å². The molecule has 0 bridgehead atoms. The van der Waals surface area contributed by atoms with Gasteiger partial charge < -0.3 is 10.3 Å². The van der Waals surface area contributed by atoms with Crippen molar-refractivity contribution in [2.24, 2.45) is 0 Å². The van der Waals surface area contributed by atoms with Gasteiger partial charge in [0.2, 0.25) is 0 Å². The van der Waals surface area contributed by atoms with Gasteiger partial charge in [0.05, 0.1) is 11.7 Å². The number of H-pyrrole nitrogens is 1. The number of aryl methyl sites for hydroxylation is 1. The van der Waals surface area contributed by atoms with E-state index >= 15 is 0 Å². The molecular formula is C8H12ClN3. The van der Waals surface area contributed by atoms with Crippen LogP contribution in [0.4, 0.5) is 0 Å². The van der Waals surface area contributed by atoms with Crippen LogP contribution >= 0.6 is 11.6 Å². The van der Waals surface area contributed by atoms with Crippen LogP contribution < -0.4 is 5.32 Å². The molecule has 2 rings (SSSR count). The molecule has 0 saturated carbocycles. The molecule has 1 aliphatic heterocycles. The van der Waals surface area contributed by atoms with E-state index in [0.29, 0.717) is 11.2 Å². The number of aromatic nitrogens is 2. The first-order valence-corrected chi connectivity index (χ1v) is 4.60. The SMILES string of the molecule is Cc1[nH]c([C@@H]2CCCN2)nc1Cl.